The highest BCUT2D eigenvalue weighted by atomic mass is 79.9. The van der Waals surface area contributed by atoms with Gasteiger partial charge in [0.05, 0.1) is 18.2 Å². The molecule has 5 heteroatoms. The normalized spacial score (nSPS) is 10.7. The second-order valence-corrected chi connectivity index (χ2v) is 5.63. The molecule has 0 atom stereocenters. The molecule has 3 aromatic rings. The lowest BCUT2D eigenvalue weighted by Gasteiger charge is -2.11. The van der Waals surface area contributed by atoms with E-state index in [2.05, 4.69) is 20.9 Å². The fraction of sp³-hybridized carbons (Fsp3) is 0.111. The Bertz CT molecular complexity index is 929. The minimum Gasteiger partial charge on any atom is -0.465 e. The average molecular weight is 372 g/mol. The lowest BCUT2D eigenvalue weighted by atomic mass is 9.97. The number of hydrogen-bond acceptors (Lipinski definition) is 3. The van der Waals surface area contributed by atoms with Crippen molar-refractivity contribution in [1.29, 1.82) is 0 Å². The molecule has 116 valence electrons. The van der Waals surface area contributed by atoms with E-state index in [-0.39, 0.29) is 5.56 Å². The van der Waals surface area contributed by atoms with E-state index in [0.29, 0.717) is 27.6 Å². The van der Waals surface area contributed by atoms with Crippen LogP contribution in [0.3, 0.4) is 0 Å². The van der Waals surface area contributed by atoms with Gasteiger partial charge in [0, 0.05) is 16.2 Å². The van der Waals surface area contributed by atoms with E-state index < -0.39 is 5.97 Å². The summed E-state index contributed by atoms with van der Waals surface area (Å²) in [5, 5.41) is 1.39. The summed E-state index contributed by atoms with van der Waals surface area (Å²) in [6.07, 6.45) is 0. The van der Waals surface area contributed by atoms with Gasteiger partial charge in [0.25, 0.3) is 5.56 Å². The molecule has 0 spiro atoms. The van der Waals surface area contributed by atoms with Crippen LogP contribution < -0.4 is 5.56 Å². The van der Waals surface area contributed by atoms with Gasteiger partial charge in [-0.05, 0) is 17.2 Å². The molecule has 0 bridgehead atoms. The number of ether oxygens (including phenoxy) is 1. The number of halogens is 1. The first-order valence-corrected chi connectivity index (χ1v) is 8.16. The lowest BCUT2D eigenvalue weighted by molar-refractivity contribution is 0.0603. The monoisotopic (exact) mass is 371 g/mol. The van der Waals surface area contributed by atoms with Gasteiger partial charge in [0.15, 0.2) is 0 Å². The van der Waals surface area contributed by atoms with Crippen molar-refractivity contribution in [2.45, 2.75) is 5.33 Å². The van der Waals surface area contributed by atoms with Crippen molar-refractivity contribution in [1.82, 2.24) is 4.98 Å². The van der Waals surface area contributed by atoms with Crippen LogP contribution in [0.25, 0.3) is 22.0 Å². The molecule has 0 radical (unpaired) electrons. The van der Waals surface area contributed by atoms with Gasteiger partial charge in [-0.3, -0.25) is 4.79 Å². The number of para-hydroxylation sites is 1. The summed E-state index contributed by atoms with van der Waals surface area (Å²) < 4.78 is 4.91. The third-order valence-electron chi connectivity index (χ3n) is 3.71. The van der Waals surface area contributed by atoms with Crippen molar-refractivity contribution < 1.29 is 9.53 Å². The van der Waals surface area contributed by atoms with Crippen LogP contribution >= 0.6 is 15.9 Å². The second-order valence-electron chi connectivity index (χ2n) is 5.07. The molecule has 0 aliphatic carbocycles. The van der Waals surface area contributed by atoms with Crippen LogP contribution in [0.1, 0.15) is 15.9 Å². The Morgan fingerprint density at radius 2 is 1.83 bits per heavy atom. The van der Waals surface area contributed by atoms with Crippen LogP contribution in [-0.4, -0.2) is 18.1 Å². The van der Waals surface area contributed by atoms with E-state index in [9.17, 15) is 9.59 Å². The van der Waals surface area contributed by atoms with Crippen molar-refractivity contribution in [3.63, 3.8) is 0 Å². The number of rotatable bonds is 3. The summed E-state index contributed by atoms with van der Waals surface area (Å²) in [5.74, 6) is -0.521. The predicted octanol–water partition coefficient (Wildman–Crippen LogP) is 3.88. The first kappa shape index (κ1) is 15.5. The van der Waals surface area contributed by atoms with Crippen molar-refractivity contribution >= 4 is 32.8 Å². The molecule has 4 nitrogen and oxygen atoms in total. The van der Waals surface area contributed by atoms with Gasteiger partial charge in [-0.1, -0.05) is 58.4 Å². The van der Waals surface area contributed by atoms with Crippen LogP contribution in [-0.2, 0) is 10.1 Å². The number of benzene rings is 2. The summed E-state index contributed by atoms with van der Waals surface area (Å²) in [4.78, 5) is 27.7. The fourth-order valence-corrected chi connectivity index (χ4v) is 2.97. The standard InChI is InChI=1S/C18H14BrNO3/c1-23-18(22)16-13-4-2-3-5-14(13)20-17(21)15(16)12-8-6-11(10-19)7-9-12/h2-9H,10H2,1H3,(H,20,21). The largest absolute Gasteiger partial charge is 0.465 e. The Morgan fingerprint density at radius 1 is 1.13 bits per heavy atom. The van der Waals surface area contributed by atoms with Crippen LogP contribution in [0.4, 0.5) is 0 Å². The highest BCUT2D eigenvalue weighted by molar-refractivity contribution is 9.08. The van der Waals surface area contributed by atoms with Crippen molar-refractivity contribution in [2.24, 2.45) is 0 Å². The number of esters is 1. The molecule has 1 heterocycles. The predicted molar refractivity (Wildman–Crippen MR) is 94.0 cm³/mol. The maximum absolute atomic E-state index is 12.6. The highest BCUT2D eigenvalue weighted by Crippen LogP contribution is 2.27. The van der Waals surface area contributed by atoms with E-state index in [0.717, 1.165) is 10.9 Å². The maximum Gasteiger partial charge on any atom is 0.339 e. The van der Waals surface area contributed by atoms with E-state index in [1.54, 1.807) is 12.1 Å². The van der Waals surface area contributed by atoms with Gasteiger partial charge in [-0.25, -0.2) is 4.79 Å². The Labute approximate surface area is 141 Å². The number of methoxy groups -OCH3 is 1. The summed E-state index contributed by atoms with van der Waals surface area (Å²) in [5.41, 5.74) is 2.69. The van der Waals surface area contributed by atoms with Crippen LogP contribution in [0, 0.1) is 0 Å². The van der Waals surface area contributed by atoms with Crippen molar-refractivity contribution in [3.8, 4) is 11.1 Å². The summed E-state index contributed by atoms with van der Waals surface area (Å²) in [7, 11) is 1.32. The summed E-state index contributed by atoms with van der Waals surface area (Å²) >= 11 is 3.39. The molecule has 1 N–H and O–H groups in total. The molecule has 23 heavy (non-hydrogen) atoms. The zero-order chi connectivity index (χ0) is 16.4. The van der Waals surface area contributed by atoms with Crippen LogP contribution in [0.2, 0.25) is 0 Å². The van der Waals surface area contributed by atoms with E-state index in [4.69, 9.17) is 4.74 Å². The number of hydrogen-bond donors (Lipinski definition) is 1. The minimum absolute atomic E-state index is 0.290. The second kappa shape index (κ2) is 6.38. The molecule has 0 saturated carbocycles. The minimum atomic E-state index is -0.521. The third-order valence-corrected chi connectivity index (χ3v) is 4.36. The first-order chi connectivity index (χ1) is 11.2. The molecule has 0 aliphatic heterocycles. The Hall–Kier alpha value is -2.40. The molecule has 2 aromatic carbocycles. The van der Waals surface area contributed by atoms with E-state index in [1.807, 2.05) is 36.4 Å². The molecule has 0 saturated heterocycles. The van der Waals surface area contributed by atoms with Gasteiger partial charge in [0.2, 0.25) is 0 Å². The highest BCUT2D eigenvalue weighted by Gasteiger charge is 2.20. The van der Waals surface area contributed by atoms with Gasteiger partial charge < -0.3 is 9.72 Å². The van der Waals surface area contributed by atoms with Crippen LogP contribution in [0.15, 0.2) is 53.3 Å². The van der Waals surface area contributed by atoms with Gasteiger partial charge in [-0.2, -0.15) is 0 Å². The van der Waals surface area contributed by atoms with Gasteiger partial charge in [0.1, 0.15) is 0 Å². The summed E-state index contributed by atoms with van der Waals surface area (Å²) in [6, 6.07) is 14.7. The first-order valence-electron chi connectivity index (χ1n) is 7.04. The molecule has 3 rings (SSSR count). The topological polar surface area (TPSA) is 59.2 Å². The number of aromatic amines is 1. The molecule has 0 fully saturated rings. The number of carbonyl (C=O) groups excluding carboxylic acids is 1. The molecule has 1 aromatic heterocycles. The number of aromatic nitrogens is 1. The Kier molecular flexibility index (Phi) is 4.30. The zero-order valence-electron chi connectivity index (χ0n) is 12.4. The van der Waals surface area contributed by atoms with Gasteiger partial charge in [-0.15, -0.1) is 0 Å². The molecule has 0 unspecified atom stereocenters. The number of nitrogens with one attached hydrogen (secondary N) is 1. The third kappa shape index (κ3) is 2.80. The SMILES string of the molecule is COC(=O)c1c(-c2ccc(CBr)cc2)c(=O)[nH]c2ccccc12. The fourth-order valence-electron chi connectivity index (χ4n) is 2.59. The van der Waals surface area contributed by atoms with E-state index in [1.165, 1.54) is 7.11 Å². The lowest BCUT2D eigenvalue weighted by Crippen LogP contribution is -2.16. The average Bonchev–Trinajstić information content (AvgIpc) is 2.60. The quantitative estimate of drug-likeness (QED) is 0.561. The Balaban J connectivity index is 2.36. The molecule has 0 aliphatic rings. The number of H-pyrrole nitrogens is 1. The number of carbonyl (C=O) groups is 1. The van der Waals surface area contributed by atoms with Crippen molar-refractivity contribution in [2.75, 3.05) is 7.11 Å². The molecular formula is C18H14BrNO3. The Morgan fingerprint density at radius 3 is 2.48 bits per heavy atom. The number of fused-ring (bicyclic) bond motifs is 1. The zero-order valence-corrected chi connectivity index (χ0v) is 14.0. The van der Waals surface area contributed by atoms with E-state index >= 15 is 0 Å². The van der Waals surface area contributed by atoms with Gasteiger partial charge >= 0.3 is 5.97 Å². The molecule has 0 amide bonds. The van der Waals surface area contributed by atoms with Crippen LogP contribution in [0.5, 0.6) is 0 Å². The number of alkyl halides is 1. The smallest absolute Gasteiger partial charge is 0.339 e. The maximum atomic E-state index is 12.6. The molecular weight excluding hydrogens is 358 g/mol. The summed E-state index contributed by atoms with van der Waals surface area (Å²) in [6.45, 7) is 0. The van der Waals surface area contributed by atoms with Crippen molar-refractivity contribution in [3.05, 3.63) is 70.0 Å². The number of pyridine rings is 1.